The fourth-order valence-electron chi connectivity index (χ4n) is 3.86. The Labute approximate surface area is 207 Å². The number of rotatable bonds is 5. The molecule has 4 rings (SSSR count). The molecule has 2 N–H and O–H groups in total. The van der Waals surface area contributed by atoms with Crippen LogP contribution in [0, 0.1) is 13.8 Å². The Morgan fingerprint density at radius 3 is 2.25 bits per heavy atom. The van der Waals surface area contributed by atoms with E-state index in [1.165, 1.54) is 25.2 Å². The molecule has 9 nitrogen and oxygen atoms in total. The van der Waals surface area contributed by atoms with Crippen molar-refractivity contribution in [1.82, 2.24) is 10.6 Å². The third kappa shape index (κ3) is 4.58. The van der Waals surface area contributed by atoms with Gasteiger partial charge in [-0.25, -0.2) is 14.5 Å². The second-order valence-corrected chi connectivity index (χ2v) is 8.26. The lowest BCUT2D eigenvalue weighted by atomic mass is 10.1. The average Bonchev–Trinajstić information content (AvgIpc) is 3.13. The van der Waals surface area contributed by atoms with Gasteiger partial charge in [0.25, 0.3) is 17.7 Å². The Morgan fingerprint density at radius 1 is 0.861 bits per heavy atom. The molecule has 182 valence electrons. The number of imide groups is 2. The van der Waals surface area contributed by atoms with Crippen molar-refractivity contribution in [2.75, 3.05) is 11.9 Å². The number of carbonyl (C=O) groups excluding carboxylic acids is 5. The third-order valence-corrected chi connectivity index (χ3v) is 5.76. The first-order chi connectivity index (χ1) is 17.2. The summed E-state index contributed by atoms with van der Waals surface area (Å²) in [6.07, 6.45) is -1.42. The van der Waals surface area contributed by atoms with Crippen LogP contribution >= 0.6 is 0 Å². The fourth-order valence-corrected chi connectivity index (χ4v) is 3.86. The second kappa shape index (κ2) is 9.83. The Bertz CT molecular complexity index is 1400. The molecule has 3 aromatic rings. The monoisotopic (exact) mass is 485 g/mol. The lowest BCUT2D eigenvalue weighted by molar-refractivity contribution is -0.129. The molecule has 0 fully saturated rings. The maximum absolute atomic E-state index is 13.2. The molecule has 1 aliphatic heterocycles. The van der Waals surface area contributed by atoms with Gasteiger partial charge >= 0.3 is 12.0 Å². The van der Waals surface area contributed by atoms with Crippen LogP contribution in [0.15, 0.2) is 66.7 Å². The number of fused-ring (bicyclic) bond motifs is 1. The van der Waals surface area contributed by atoms with Gasteiger partial charge in [-0.15, -0.1) is 0 Å². The van der Waals surface area contributed by atoms with E-state index >= 15 is 0 Å². The largest absolute Gasteiger partial charge is 0.444 e. The summed E-state index contributed by atoms with van der Waals surface area (Å²) in [5, 5.41) is 4.37. The summed E-state index contributed by atoms with van der Waals surface area (Å²) in [4.78, 5) is 64.6. The van der Waals surface area contributed by atoms with E-state index in [0.717, 1.165) is 16.0 Å². The number of urea groups is 1. The van der Waals surface area contributed by atoms with Crippen molar-refractivity contribution in [3.63, 3.8) is 0 Å². The summed E-state index contributed by atoms with van der Waals surface area (Å²) >= 11 is 0. The van der Waals surface area contributed by atoms with Crippen LogP contribution in [0.1, 0.15) is 53.9 Å². The number of amides is 5. The van der Waals surface area contributed by atoms with Crippen molar-refractivity contribution < 1.29 is 28.7 Å². The SMILES string of the molecule is CNC(=O)NC(=O)C(OC(=O)c1ccc2c(c1)C(=O)N(c1cc(C)ccc1C)C2=O)c1ccccc1. The van der Waals surface area contributed by atoms with Crippen LogP contribution in [0.25, 0.3) is 0 Å². The molecule has 1 heterocycles. The molecule has 9 heteroatoms. The molecule has 0 saturated carbocycles. The molecular formula is C27H23N3O6. The summed E-state index contributed by atoms with van der Waals surface area (Å²) in [6.45, 7) is 3.66. The highest BCUT2D eigenvalue weighted by Crippen LogP contribution is 2.32. The van der Waals surface area contributed by atoms with Crippen molar-refractivity contribution in [3.05, 3.63) is 100 Å². The van der Waals surface area contributed by atoms with Crippen LogP contribution in [-0.2, 0) is 9.53 Å². The summed E-state index contributed by atoms with van der Waals surface area (Å²) in [5.41, 5.74) is 2.66. The number of carbonyl (C=O) groups is 5. The van der Waals surface area contributed by atoms with Gasteiger partial charge in [-0.05, 0) is 49.2 Å². The first-order valence-corrected chi connectivity index (χ1v) is 11.1. The van der Waals surface area contributed by atoms with Crippen LogP contribution in [0.4, 0.5) is 10.5 Å². The summed E-state index contributed by atoms with van der Waals surface area (Å²) < 4.78 is 5.46. The Balaban J connectivity index is 1.63. The summed E-state index contributed by atoms with van der Waals surface area (Å²) in [6, 6.07) is 16.9. The smallest absolute Gasteiger partial charge is 0.339 e. The van der Waals surface area contributed by atoms with Gasteiger partial charge in [-0.3, -0.25) is 19.7 Å². The minimum Gasteiger partial charge on any atom is -0.444 e. The Kier molecular flexibility index (Phi) is 6.64. The first kappa shape index (κ1) is 24.3. The molecule has 3 aromatic carbocycles. The molecule has 36 heavy (non-hydrogen) atoms. The van der Waals surface area contributed by atoms with Gasteiger partial charge < -0.3 is 10.1 Å². The zero-order chi connectivity index (χ0) is 26.0. The highest BCUT2D eigenvalue weighted by Gasteiger charge is 2.38. The second-order valence-electron chi connectivity index (χ2n) is 8.26. The molecule has 0 spiro atoms. The van der Waals surface area contributed by atoms with Gasteiger partial charge in [-0.2, -0.15) is 0 Å². The van der Waals surface area contributed by atoms with E-state index in [1.807, 2.05) is 19.1 Å². The predicted octanol–water partition coefficient (Wildman–Crippen LogP) is 3.46. The molecule has 0 aliphatic carbocycles. The predicted molar refractivity (Wildman–Crippen MR) is 131 cm³/mol. The number of benzene rings is 3. The maximum Gasteiger partial charge on any atom is 0.339 e. The lowest BCUT2D eigenvalue weighted by Crippen LogP contribution is -2.41. The Morgan fingerprint density at radius 2 is 1.56 bits per heavy atom. The zero-order valence-electron chi connectivity index (χ0n) is 19.8. The van der Waals surface area contributed by atoms with Crippen LogP contribution in [0.2, 0.25) is 0 Å². The first-order valence-electron chi connectivity index (χ1n) is 11.1. The zero-order valence-corrected chi connectivity index (χ0v) is 19.8. The number of ether oxygens (including phenoxy) is 1. The minimum atomic E-state index is -1.42. The molecule has 1 aliphatic rings. The average molecular weight is 485 g/mol. The number of nitrogens with zero attached hydrogens (tertiary/aromatic N) is 1. The van der Waals surface area contributed by atoms with Crippen LogP contribution in [0.5, 0.6) is 0 Å². The molecule has 0 aromatic heterocycles. The van der Waals surface area contributed by atoms with Gasteiger partial charge in [0.1, 0.15) is 0 Å². The topological polar surface area (TPSA) is 122 Å². The number of aryl methyl sites for hydroxylation is 2. The van der Waals surface area contributed by atoms with Crippen molar-refractivity contribution in [3.8, 4) is 0 Å². The van der Waals surface area contributed by atoms with Gasteiger partial charge in [0.05, 0.1) is 22.4 Å². The number of esters is 1. The van der Waals surface area contributed by atoms with Crippen molar-refractivity contribution >= 4 is 35.4 Å². The highest BCUT2D eigenvalue weighted by atomic mass is 16.5. The van der Waals surface area contributed by atoms with E-state index in [2.05, 4.69) is 10.6 Å². The van der Waals surface area contributed by atoms with Gasteiger partial charge in [0.2, 0.25) is 6.10 Å². The van der Waals surface area contributed by atoms with Gasteiger partial charge in [-0.1, -0.05) is 42.5 Å². The normalized spacial score (nSPS) is 13.1. The van der Waals surface area contributed by atoms with Crippen molar-refractivity contribution in [2.24, 2.45) is 0 Å². The van der Waals surface area contributed by atoms with E-state index in [0.29, 0.717) is 11.3 Å². The number of nitrogens with one attached hydrogen (secondary N) is 2. The van der Waals surface area contributed by atoms with Crippen molar-refractivity contribution in [2.45, 2.75) is 20.0 Å². The standard InChI is InChI=1S/C27H23N3O6/c1-15-9-10-16(2)21(13-15)30-24(32)19-12-11-18(14-20(19)25(30)33)26(34)36-22(17-7-5-4-6-8-17)23(31)29-27(35)28-3/h4-14,22H,1-3H3,(H2,28,29,31,35). The van der Waals surface area contributed by atoms with E-state index < -0.39 is 35.8 Å². The van der Waals surface area contributed by atoms with Crippen LogP contribution in [0.3, 0.4) is 0 Å². The van der Waals surface area contributed by atoms with E-state index in [1.54, 1.807) is 43.3 Å². The summed E-state index contributed by atoms with van der Waals surface area (Å²) in [5.74, 6) is -2.79. The minimum absolute atomic E-state index is 0.0219. The highest BCUT2D eigenvalue weighted by molar-refractivity contribution is 6.35. The third-order valence-electron chi connectivity index (χ3n) is 5.76. The van der Waals surface area contributed by atoms with Gasteiger partial charge in [0, 0.05) is 12.6 Å². The van der Waals surface area contributed by atoms with Gasteiger partial charge in [0.15, 0.2) is 0 Å². The van der Waals surface area contributed by atoms with E-state index in [9.17, 15) is 24.0 Å². The maximum atomic E-state index is 13.2. The summed E-state index contributed by atoms with van der Waals surface area (Å²) in [7, 11) is 1.34. The van der Waals surface area contributed by atoms with E-state index in [4.69, 9.17) is 4.74 Å². The molecule has 0 radical (unpaired) electrons. The number of anilines is 1. The molecule has 1 unspecified atom stereocenters. The molecule has 0 bridgehead atoms. The molecular weight excluding hydrogens is 462 g/mol. The number of hydrogen-bond donors (Lipinski definition) is 2. The molecule has 1 atom stereocenters. The fraction of sp³-hybridized carbons (Fsp3) is 0.148. The quantitative estimate of drug-likeness (QED) is 0.422. The Hall–Kier alpha value is -4.79. The van der Waals surface area contributed by atoms with Crippen molar-refractivity contribution in [1.29, 1.82) is 0 Å². The van der Waals surface area contributed by atoms with E-state index in [-0.39, 0.29) is 16.7 Å². The van der Waals surface area contributed by atoms with Crippen LogP contribution in [-0.4, -0.2) is 36.8 Å². The van der Waals surface area contributed by atoms with Crippen LogP contribution < -0.4 is 15.5 Å². The number of hydrogen-bond acceptors (Lipinski definition) is 6. The molecule has 0 saturated heterocycles. The molecule has 5 amide bonds. The lowest BCUT2D eigenvalue weighted by Gasteiger charge is -2.17.